The van der Waals surface area contributed by atoms with Gasteiger partial charge in [0.1, 0.15) is 0 Å². The van der Waals surface area contributed by atoms with Crippen LogP contribution in [-0.2, 0) is 6.18 Å². The quantitative estimate of drug-likeness (QED) is 0.816. The molecule has 0 unspecified atom stereocenters. The standard InChI is InChI=1S/C12H13F3N2O/c1-7(18)6-17-9-4-5-10(16-3)11(8(9)2)12(13,14)15/h4-5,7,17-18H,6H2,1-2H3/t7-/m0/s1. The summed E-state index contributed by atoms with van der Waals surface area (Å²) in [5.41, 5.74) is -1.09. The summed E-state index contributed by atoms with van der Waals surface area (Å²) in [5, 5.41) is 11.8. The zero-order chi connectivity index (χ0) is 13.9. The molecule has 1 atom stereocenters. The van der Waals surface area contributed by atoms with E-state index in [-0.39, 0.29) is 17.8 Å². The van der Waals surface area contributed by atoms with Gasteiger partial charge in [-0.2, -0.15) is 13.2 Å². The van der Waals surface area contributed by atoms with Crippen molar-refractivity contribution in [1.82, 2.24) is 0 Å². The molecule has 18 heavy (non-hydrogen) atoms. The van der Waals surface area contributed by atoms with Crippen molar-refractivity contribution in [3.8, 4) is 0 Å². The molecular formula is C12H13F3N2O. The summed E-state index contributed by atoms with van der Waals surface area (Å²) in [6, 6.07) is 2.55. The van der Waals surface area contributed by atoms with Crippen LogP contribution in [-0.4, -0.2) is 17.8 Å². The number of hydrogen-bond acceptors (Lipinski definition) is 2. The lowest BCUT2D eigenvalue weighted by Gasteiger charge is -2.17. The average molecular weight is 258 g/mol. The smallest absolute Gasteiger partial charge is 0.392 e. The fourth-order valence-electron chi connectivity index (χ4n) is 1.60. The number of benzene rings is 1. The number of aliphatic hydroxyl groups is 1. The third-order valence-electron chi connectivity index (χ3n) is 2.43. The predicted molar refractivity (Wildman–Crippen MR) is 62.6 cm³/mol. The van der Waals surface area contributed by atoms with Crippen LogP contribution in [0.5, 0.6) is 0 Å². The van der Waals surface area contributed by atoms with Crippen LogP contribution in [0.3, 0.4) is 0 Å². The number of nitrogens with zero attached hydrogens (tertiary/aromatic N) is 1. The second-order valence-corrected chi connectivity index (χ2v) is 3.97. The lowest BCUT2D eigenvalue weighted by Crippen LogP contribution is -2.17. The lowest BCUT2D eigenvalue weighted by atomic mass is 10.0. The molecule has 1 aromatic rings. The first-order chi connectivity index (χ1) is 8.27. The zero-order valence-corrected chi connectivity index (χ0v) is 9.97. The van der Waals surface area contributed by atoms with Gasteiger partial charge < -0.3 is 10.4 Å². The van der Waals surface area contributed by atoms with Crippen molar-refractivity contribution in [1.29, 1.82) is 0 Å². The first-order valence-electron chi connectivity index (χ1n) is 5.27. The Kier molecular flexibility index (Phi) is 4.19. The van der Waals surface area contributed by atoms with E-state index < -0.39 is 23.5 Å². The van der Waals surface area contributed by atoms with E-state index in [9.17, 15) is 13.2 Å². The molecule has 98 valence electrons. The minimum absolute atomic E-state index is 0.0309. The predicted octanol–water partition coefficient (Wildman–Crippen LogP) is 3.36. The molecule has 0 saturated carbocycles. The van der Waals surface area contributed by atoms with Gasteiger partial charge in [0.2, 0.25) is 0 Å². The average Bonchev–Trinajstić information content (AvgIpc) is 2.24. The Balaban J connectivity index is 3.23. The highest BCUT2D eigenvalue weighted by Crippen LogP contribution is 2.41. The van der Waals surface area contributed by atoms with Crippen molar-refractivity contribution < 1.29 is 18.3 Å². The largest absolute Gasteiger partial charge is 0.407 e. The van der Waals surface area contributed by atoms with E-state index >= 15 is 0 Å². The SMILES string of the molecule is [C-]#[N+]c1ccc(NC[C@H](C)O)c(C)c1C(F)(F)F. The molecule has 0 aliphatic rings. The van der Waals surface area contributed by atoms with E-state index in [1.807, 2.05) is 0 Å². The van der Waals surface area contributed by atoms with Gasteiger partial charge in [0.05, 0.1) is 18.2 Å². The Morgan fingerprint density at radius 2 is 2.06 bits per heavy atom. The van der Waals surface area contributed by atoms with E-state index in [0.717, 1.165) is 6.07 Å². The first kappa shape index (κ1) is 14.3. The second kappa shape index (κ2) is 5.27. The maximum absolute atomic E-state index is 12.9. The van der Waals surface area contributed by atoms with Gasteiger partial charge in [-0.05, 0) is 25.5 Å². The molecule has 0 aromatic heterocycles. The molecule has 1 aromatic carbocycles. The maximum Gasteiger partial charge on any atom is 0.407 e. The molecule has 0 aliphatic carbocycles. The van der Waals surface area contributed by atoms with Crippen LogP contribution in [0.1, 0.15) is 18.1 Å². The fraction of sp³-hybridized carbons (Fsp3) is 0.417. The maximum atomic E-state index is 12.9. The Morgan fingerprint density at radius 1 is 1.44 bits per heavy atom. The molecule has 0 aliphatic heterocycles. The van der Waals surface area contributed by atoms with Gasteiger partial charge in [0.25, 0.3) is 0 Å². The normalized spacial score (nSPS) is 12.9. The van der Waals surface area contributed by atoms with E-state index in [1.165, 1.54) is 19.9 Å². The van der Waals surface area contributed by atoms with Gasteiger partial charge in [0.15, 0.2) is 5.69 Å². The summed E-state index contributed by atoms with van der Waals surface area (Å²) >= 11 is 0. The van der Waals surface area contributed by atoms with Gasteiger partial charge in [0, 0.05) is 12.2 Å². The molecule has 0 fully saturated rings. The van der Waals surface area contributed by atoms with E-state index in [0.29, 0.717) is 0 Å². The van der Waals surface area contributed by atoms with Crippen molar-refractivity contribution in [3.63, 3.8) is 0 Å². The minimum atomic E-state index is -4.56. The van der Waals surface area contributed by atoms with Gasteiger partial charge in [-0.25, -0.2) is 4.85 Å². The molecule has 3 nitrogen and oxygen atoms in total. The monoisotopic (exact) mass is 258 g/mol. The minimum Gasteiger partial charge on any atom is -0.392 e. The molecule has 0 heterocycles. The number of rotatable bonds is 3. The number of halogens is 3. The topological polar surface area (TPSA) is 36.6 Å². The highest BCUT2D eigenvalue weighted by atomic mass is 19.4. The number of aliphatic hydroxyl groups excluding tert-OH is 1. The summed E-state index contributed by atoms with van der Waals surface area (Å²) in [6.07, 6.45) is -5.23. The molecule has 0 spiro atoms. The Morgan fingerprint density at radius 3 is 2.50 bits per heavy atom. The van der Waals surface area contributed by atoms with Crippen LogP contribution in [0.25, 0.3) is 4.85 Å². The van der Waals surface area contributed by atoms with Crippen molar-refractivity contribution in [2.75, 3.05) is 11.9 Å². The molecule has 0 bridgehead atoms. The van der Waals surface area contributed by atoms with Crippen molar-refractivity contribution >= 4 is 11.4 Å². The van der Waals surface area contributed by atoms with Crippen LogP contribution in [0, 0.1) is 13.5 Å². The van der Waals surface area contributed by atoms with Gasteiger partial charge in [-0.15, -0.1) is 0 Å². The summed E-state index contributed by atoms with van der Waals surface area (Å²) < 4.78 is 38.6. The Labute approximate surface area is 103 Å². The molecule has 0 amide bonds. The van der Waals surface area contributed by atoms with Crippen molar-refractivity contribution in [2.45, 2.75) is 26.1 Å². The summed E-state index contributed by atoms with van der Waals surface area (Å²) in [6.45, 7) is 9.75. The van der Waals surface area contributed by atoms with Crippen molar-refractivity contribution in [2.24, 2.45) is 0 Å². The van der Waals surface area contributed by atoms with E-state index in [1.54, 1.807) is 0 Å². The summed E-state index contributed by atoms with van der Waals surface area (Å²) in [5.74, 6) is 0. The zero-order valence-electron chi connectivity index (χ0n) is 9.97. The third kappa shape index (κ3) is 3.14. The Bertz CT molecular complexity index is 475. The fourth-order valence-corrected chi connectivity index (χ4v) is 1.60. The summed E-state index contributed by atoms with van der Waals surface area (Å²) in [4.78, 5) is 2.89. The number of alkyl halides is 3. The molecule has 2 N–H and O–H groups in total. The highest BCUT2D eigenvalue weighted by molar-refractivity contribution is 5.66. The Hall–Kier alpha value is -1.74. The van der Waals surface area contributed by atoms with Gasteiger partial charge in [-0.3, -0.25) is 0 Å². The lowest BCUT2D eigenvalue weighted by molar-refractivity contribution is -0.137. The first-order valence-corrected chi connectivity index (χ1v) is 5.27. The molecular weight excluding hydrogens is 245 g/mol. The van der Waals surface area contributed by atoms with E-state index in [4.69, 9.17) is 11.7 Å². The molecule has 0 saturated heterocycles. The van der Waals surface area contributed by atoms with Crippen LogP contribution in [0.2, 0.25) is 0 Å². The van der Waals surface area contributed by atoms with Crippen LogP contribution in [0.4, 0.5) is 24.5 Å². The van der Waals surface area contributed by atoms with Crippen LogP contribution < -0.4 is 5.32 Å². The third-order valence-corrected chi connectivity index (χ3v) is 2.43. The molecule has 6 heteroatoms. The van der Waals surface area contributed by atoms with Crippen LogP contribution in [0.15, 0.2) is 12.1 Å². The second-order valence-electron chi connectivity index (χ2n) is 3.97. The molecule has 0 radical (unpaired) electrons. The van der Waals surface area contributed by atoms with Gasteiger partial charge in [-0.1, -0.05) is 6.07 Å². The van der Waals surface area contributed by atoms with Gasteiger partial charge >= 0.3 is 6.18 Å². The summed E-state index contributed by atoms with van der Waals surface area (Å²) in [7, 11) is 0. The number of anilines is 1. The van der Waals surface area contributed by atoms with Crippen LogP contribution >= 0.6 is 0 Å². The molecule has 1 rings (SSSR count). The number of nitrogens with one attached hydrogen (secondary N) is 1. The highest BCUT2D eigenvalue weighted by Gasteiger charge is 2.35. The van der Waals surface area contributed by atoms with Crippen molar-refractivity contribution in [3.05, 3.63) is 34.7 Å². The number of hydrogen-bond donors (Lipinski definition) is 2. The van der Waals surface area contributed by atoms with E-state index in [2.05, 4.69) is 10.2 Å².